The third-order valence-electron chi connectivity index (χ3n) is 7.33. The number of aliphatic hydroxyl groups excluding tert-OH is 1. The molecule has 1 N–H and O–H groups in total. The maximum Gasteiger partial charge on any atom is 0.296 e. The van der Waals surface area contributed by atoms with Gasteiger partial charge >= 0.3 is 0 Å². The highest BCUT2D eigenvalue weighted by molar-refractivity contribution is 6.50. The fraction of sp³-hybridized carbons (Fsp3) is 0.393. The van der Waals surface area contributed by atoms with Crippen LogP contribution >= 0.6 is 0 Å². The molecule has 2 saturated heterocycles. The van der Waals surface area contributed by atoms with Gasteiger partial charge < -0.3 is 19.6 Å². The number of amides is 2. The minimum atomic E-state index is -1.79. The van der Waals surface area contributed by atoms with Crippen molar-refractivity contribution in [3.8, 4) is 0 Å². The van der Waals surface area contributed by atoms with Crippen molar-refractivity contribution < 1.29 is 28.6 Å². The Morgan fingerprint density at radius 2 is 1.70 bits per heavy atom. The quantitative estimate of drug-likeness (QED) is 0.352. The van der Waals surface area contributed by atoms with Gasteiger partial charge in [0.1, 0.15) is 11.6 Å². The maximum absolute atomic E-state index is 14.3. The highest BCUT2D eigenvalue weighted by atomic mass is 19.1. The number of benzene rings is 2. The first-order chi connectivity index (χ1) is 17.9. The number of ether oxygens (including phenoxy) is 1. The second-order valence-corrected chi connectivity index (χ2v) is 9.51. The highest BCUT2D eigenvalue weighted by Gasteiger charge is 2.66. The van der Waals surface area contributed by atoms with Gasteiger partial charge in [0.05, 0.1) is 24.5 Å². The fourth-order valence-corrected chi connectivity index (χ4v) is 5.64. The number of fused-ring (bicyclic) bond motifs is 2. The normalized spacial score (nSPS) is 23.4. The van der Waals surface area contributed by atoms with Crippen LogP contribution in [0.4, 0.5) is 10.1 Å². The van der Waals surface area contributed by atoms with Crippen LogP contribution in [-0.2, 0) is 24.7 Å². The molecule has 2 aromatic rings. The zero-order valence-corrected chi connectivity index (χ0v) is 20.8. The molecule has 0 saturated carbocycles. The van der Waals surface area contributed by atoms with Gasteiger partial charge in [-0.2, -0.15) is 0 Å². The van der Waals surface area contributed by atoms with Crippen LogP contribution in [0.3, 0.4) is 0 Å². The first kappa shape index (κ1) is 25.1. The molecule has 194 valence electrons. The Hall–Kier alpha value is -3.56. The van der Waals surface area contributed by atoms with Crippen molar-refractivity contribution in [3.63, 3.8) is 0 Å². The van der Waals surface area contributed by atoms with E-state index < -0.39 is 34.7 Å². The monoisotopic (exact) mass is 507 g/mol. The van der Waals surface area contributed by atoms with Gasteiger partial charge in [-0.1, -0.05) is 25.1 Å². The summed E-state index contributed by atoms with van der Waals surface area (Å²) < 4.78 is 19.0. The number of carbonyl (C=O) groups is 3. The lowest BCUT2D eigenvalue weighted by Crippen LogP contribution is -2.52. The fourth-order valence-electron chi connectivity index (χ4n) is 5.64. The van der Waals surface area contributed by atoms with Crippen molar-refractivity contribution in [2.24, 2.45) is 0 Å². The summed E-state index contributed by atoms with van der Waals surface area (Å²) in [5.41, 5.74) is -0.802. The third kappa shape index (κ3) is 4.02. The third-order valence-corrected chi connectivity index (χ3v) is 7.33. The van der Waals surface area contributed by atoms with Gasteiger partial charge in [0.25, 0.3) is 17.6 Å². The minimum absolute atomic E-state index is 0.155. The van der Waals surface area contributed by atoms with Gasteiger partial charge in [-0.15, -0.1) is 0 Å². The molecule has 2 fully saturated rings. The van der Waals surface area contributed by atoms with Crippen LogP contribution in [0.2, 0.25) is 0 Å². The second-order valence-electron chi connectivity index (χ2n) is 9.51. The van der Waals surface area contributed by atoms with E-state index in [4.69, 9.17) is 4.74 Å². The standard InChI is InChI=1S/C28H30FN3O5/c1-2-12-31-22-7-4-3-6-21(22)28(27(31)36)23(24(33)19-8-10-20(29)11-9-19)25(34)26(35)32(28)14-5-13-30-15-17-37-18-16-30/h3-4,6-11,33H,2,5,12-18H2,1H3/t28-/m1/s1. The number of Topliss-reactive ketones (excluding diaryl/α,β-unsaturated/α-hetero) is 1. The number of hydrogen-bond donors (Lipinski definition) is 1. The molecule has 5 rings (SSSR count). The number of ketones is 1. The number of rotatable bonds is 7. The van der Waals surface area contributed by atoms with Crippen molar-refractivity contribution in [1.29, 1.82) is 0 Å². The molecule has 8 nitrogen and oxygen atoms in total. The van der Waals surface area contributed by atoms with E-state index in [0.29, 0.717) is 50.4 Å². The number of halogens is 1. The number of aliphatic hydroxyl groups is 1. The Labute approximate surface area is 214 Å². The predicted octanol–water partition coefficient (Wildman–Crippen LogP) is 2.88. The van der Waals surface area contributed by atoms with E-state index in [-0.39, 0.29) is 17.7 Å². The average molecular weight is 508 g/mol. The molecular weight excluding hydrogens is 477 g/mol. The highest BCUT2D eigenvalue weighted by Crippen LogP contribution is 2.53. The molecule has 1 spiro atoms. The number of nitrogens with zero attached hydrogens (tertiary/aromatic N) is 3. The average Bonchev–Trinajstić information content (AvgIpc) is 3.28. The number of anilines is 1. The summed E-state index contributed by atoms with van der Waals surface area (Å²) in [6.45, 7) is 6.01. The van der Waals surface area contributed by atoms with Crippen molar-refractivity contribution in [3.05, 3.63) is 71.0 Å². The van der Waals surface area contributed by atoms with Crippen molar-refractivity contribution >= 4 is 29.0 Å². The molecule has 3 heterocycles. The molecule has 1 atom stereocenters. The van der Waals surface area contributed by atoms with Gasteiger partial charge in [-0.25, -0.2) is 4.39 Å². The Balaban J connectivity index is 1.64. The molecule has 2 aromatic carbocycles. The summed E-state index contributed by atoms with van der Waals surface area (Å²) >= 11 is 0. The largest absolute Gasteiger partial charge is 0.507 e. The van der Waals surface area contributed by atoms with Crippen LogP contribution < -0.4 is 4.90 Å². The molecule has 3 aliphatic heterocycles. The van der Waals surface area contributed by atoms with Crippen molar-refractivity contribution in [1.82, 2.24) is 9.80 Å². The molecule has 0 bridgehead atoms. The summed E-state index contributed by atoms with van der Waals surface area (Å²) in [5, 5.41) is 11.4. The van der Waals surface area contributed by atoms with Crippen molar-refractivity contribution in [2.45, 2.75) is 25.3 Å². The molecule has 37 heavy (non-hydrogen) atoms. The summed E-state index contributed by atoms with van der Waals surface area (Å²) in [6.07, 6.45) is 1.20. The van der Waals surface area contributed by atoms with Crippen LogP contribution in [0.1, 0.15) is 30.9 Å². The van der Waals surface area contributed by atoms with Crippen LogP contribution in [0.15, 0.2) is 54.1 Å². The van der Waals surface area contributed by atoms with E-state index in [1.165, 1.54) is 17.0 Å². The van der Waals surface area contributed by atoms with Crippen LogP contribution in [0.25, 0.3) is 5.76 Å². The van der Waals surface area contributed by atoms with Gasteiger partial charge in [-0.3, -0.25) is 19.3 Å². The molecule has 0 radical (unpaired) electrons. The van der Waals surface area contributed by atoms with Gasteiger partial charge in [-0.05, 0) is 43.2 Å². The number of morpholine rings is 1. The zero-order chi connectivity index (χ0) is 26.2. The Morgan fingerprint density at radius 1 is 1.00 bits per heavy atom. The van der Waals surface area contributed by atoms with Crippen LogP contribution in [-0.4, -0.2) is 78.4 Å². The Morgan fingerprint density at radius 3 is 2.41 bits per heavy atom. The summed E-state index contributed by atoms with van der Waals surface area (Å²) in [6, 6.07) is 12.1. The number of hydrogen-bond acceptors (Lipinski definition) is 6. The lowest BCUT2D eigenvalue weighted by atomic mass is 9.82. The minimum Gasteiger partial charge on any atom is -0.507 e. The summed E-state index contributed by atoms with van der Waals surface area (Å²) in [5.74, 6) is -3.19. The van der Waals surface area contributed by atoms with E-state index in [2.05, 4.69) is 4.90 Å². The van der Waals surface area contributed by atoms with E-state index >= 15 is 0 Å². The Kier molecular flexibility index (Phi) is 6.83. The molecule has 0 aliphatic carbocycles. The molecule has 0 aromatic heterocycles. The van der Waals surface area contributed by atoms with Gasteiger partial charge in [0.2, 0.25) is 0 Å². The summed E-state index contributed by atoms with van der Waals surface area (Å²) in [4.78, 5) is 46.5. The van der Waals surface area contributed by atoms with Crippen LogP contribution in [0.5, 0.6) is 0 Å². The lowest BCUT2D eigenvalue weighted by Gasteiger charge is -2.35. The van der Waals surface area contributed by atoms with E-state index in [9.17, 15) is 23.9 Å². The smallest absolute Gasteiger partial charge is 0.296 e. The second kappa shape index (κ2) is 10.1. The number of carbonyl (C=O) groups excluding carboxylic acids is 3. The molecular formula is C28H30FN3O5. The van der Waals surface area contributed by atoms with E-state index in [0.717, 1.165) is 25.2 Å². The SMILES string of the molecule is CCCN1C(=O)[C@]2(C(=C(O)c3ccc(F)cc3)C(=O)C(=O)N2CCCN2CCOCC2)c2ccccc21. The van der Waals surface area contributed by atoms with Gasteiger partial charge in [0, 0.05) is 43.9 Å². The topological polar surface area (TPSA) is 90.4 Å². The molecule has 3 aliphatic rings. The number of likely N-dealkylation sites (tertiary alicyclic amines) is 1. The molecule has 0 unspecified atom stereocenters. The molecule has 9 heteroatoms. The first-order valence-electron chi connectivity index (χ1n) is 12.7. The van der Waals surface area contributed by atoms with Gasteiger partial charge in [0.15, 0.2) is 5.54 Å². The maximum atomic E-state index is 14.3. The summed E-state index contributed by atoms with van der Waals surface area (Å²) in [7, 11) is 0. The molecule has 2 amide bonds. The lowest BCUT2D eigenvalue weighted by molar-refractivity contribution is -0.143. The van der Waals surface area contributed by atoms with Crippen LogP contribution in [0, 0.1) is 5.82 Å². The number of para-hydroxylation sites is 1. The first-order valence-corrected chi connectivity index (χ1v) is 12.7. The van der Waals surface area contributed by atoms with E-state index in [1.54, 1.807) is 29.2 Å². The van der Waals surface area contributed by atoms with E-state index in [1.807, 2.05) is 6.92 Å². The Bertz CT molecular complexity index is 1250. The predicted molar refractivity (Wildman–Crippen MR) is 135 cm³/mol. The zero-order valence-electron chi connectivity index (χ0n) is 20.8. The van der Waals surface area contributed by atoms with Crippen molar-refractivity contribution in [2.75, 3.05) is 50.8 Å².